The molecule has 0 aliphatic heterocycles. The number of nitrogens with zero attached hydrogens (tertiary/aromatic N) is 3. The van der Waals surface area contributed by atoms with Gasteiger partial charge < -0.3 is 0 Å². The van der Waals surface area contributed by atoms with Crippen molar-refractivity contribution in [3.05, 3.63) is 58.6 Å². The standard InChI is InChI=1S/C15H13ClFN3O2S/c1-2-20(10-11-3-4-15(17)14(16)6-11)23(21,22)13-5-12(7-18)8-19-9-13/h3-6,8-9H,2,10H2,1H3. The Kier molecular flexibility index (Phi) is 5.31. The lowest BCUT2D eigenvalue weighted by Gasteiger charge is -2.20. The average Bonchev–Trinajstić information content (AvgIpc) is 2.55. The Labute approximate surface area is 139 Å². The molecule has 0 spiro atoms. The van der Waals surface area contributed by atoms with Gasteiger partial charge in [-0.25, -0.2) is 12.8 Å². The molecule has 0 saturated heterocycles. The number of hydrogen-bond donors (Lipinski definition) is 0. The van der Waals surface area contributed by atoms with Crippen LogP contribution in [0.3, 0.4) is 0 Å². The second-order valence-corrected chi connectivity index (χ2v) is 7.05. The number of benzene rings is 1. The Morgan fingerprint density at radius 1 is 1.35 bits per heavy atom. The van der Waals surface area contributed by atoms with Crippen molar-refractivity contribution in [1.29, 1.82) is 5.26 Å². The van der Waals surface area contributed by atoms with Crippen molar-refractivity contribution in [1.82, 2.24) is 9.29 Å². The van der Waals surface area contributed by atoms with Crippen molar-refractivity contribution >= 4 is 21.6 Å². The molecule has 8 heteroatoms. The van der Waals surface area contributed by atoms with E-state index in [0.29, 0.717) is 5.56 Å². The smallest absolute Gasteiger partial charge is 0.244 e. The first-order valence-electron chi connectivity index (χ1n) is 6.67. The molecule has 5 nitrogen and oxygen atoms in total. The van der Waals surface area contributed by atoms with Crippen LogP contribution in [0.25, 0.3) is 0 Å². The highest BCUT2D eigenvalue weighted by atomic mass is 35.5. The number of hydrogen-bond acceptors (Lipinski definition) is 4. The third-order valence-electron chi connectivity index (χ3n) is 3.18. The van der Waals surface area contributed by atoms with Gasteiger partial charge >= 0.3 is 0 Å². The fourth-order valence-electron chi connectivity index (χ4n) is 1.98. The summed E-state index contributed by atoms with van der Waals surface area (Å²) in [5, 5.41) is 8.80. The van der Waals surface area contributed by atoms with Gasteiger partial charge in [-0.05, 0) is 23.8 Å². The quantitative estimate of drug-likeness (QED) is 0.828. The summed E-state index contributed by atoms with van der Waals surface area (Å²) in [7, 11) is -3.82. The van der Waals surface area contributed by atoms with Crippen LogP contribution < -0.4 is 0 Å². The minimum Gasteiger partial charge on any atom is -0.262 e. The van der Waals surface area contributed by atoms with Gasteiger partial charge in [-0.3, -0.25) is 4.98 Å². The van der Waals surface area contributed by atoms with Gasteiger partial charge in [0.2, 0.25) is 10.0 Å². The maximum atomic E-state index is 13.2. The zero-order valence-electron chi connectivity index (χ0n) is 12.2. The van der Waals surface area contributed by atoms with Gasteiger partial charge in [-0.15, -0.1) is 0 Å². The van der Waals surface area contributed by atoms with Crippen LogP contribution in [0.15, 0.2) is 41.6 Å². The molecule has 0 saturated carbocycles. The number of nitriles is 1. The van der Waals surface area contributed by atoms with E-state index in [0.717, 1.165) is 0 Å². The molecular weight excluding hydrogens is 341 g/mol. The first kappa shape index (κ1) is 17.3. The Hall–Kier alpha value is -2.01. The largest absolute Gasteiger partial charge is 0.262 e. The van der Waals surface area contributed by atoms with Gasteiger partial charge in [0.05, 0.1) is 10.6 Å². The summed E-state index contributed by atoms with van der Waals surface area (Å²) in [4.78, 5) is 3.71. The SMILES string of the molecule is CCN(Cc1ccc(F)c(Cl)c1)S(=O)(=O)c1cncc(C#N)c1. The minimum absolute atomic E-state index is 0.0373. The van der Waals surface area contributed by atoms with Crippen molar-refractivity contribution in [3.63, 3.8) is 0 Å². The summed E-state index contributed by atoms with van der Waals surface area (Å²) in [5.41, 5.74) is 0.721. The van der Waals surface area contributed by atoms with Crippen molar-refractivity contribution < 1.29 is 12.8 Å². The first-order chi connectivity index (χ1) is 10.9. The summed E-state index contributed by atoms with van der Waals surface area (Å²) in [5.74, 6) is -0.563. The summed E-state index contributed by atoms with van der Waals surface area (Å²) >= 11 is 5.72. The number of rotatable bonds is 5. The Balaban J connectivity index is 2.35. The van der Waals surface area contributed by atoms with E-state index in [1.807, 2.05) is 6.07 Å². The van der Waals surface area contributed by atoms with E-state index in [-0.39, 0.29) is 28.6 Å². The number of pyridine rings is 1. The summed E-state index contributed by atoms with van der Waals surface area (Å²) in [6.45, 7) is 1.92. The maximum absolute atomic E-state index is 13.2. The topological polar surface area (TPSA) is 74.1 Å². The molecule has 23 heavy (non-hydrogen) atoms. The van der Waals surface area contributed by atoms with E-state index in [4.69, 9.17) is 16.9 Å². The van der Waals surface area contributed by atoms with E-state index >= 15 is 0 Å². The average molecular weight is 354 g/mol. The van der Waals surface area contributed by atoms with E-state index in [1.165, 1.54) is 41.0 Å². The second kappa shape index (κ2) is 7.04. The molecule has 0 aliphatic carbocycles. The molecule has 0 amide bonds. The van der Waals surface area contributed by atoms with Crippen molar-refractivity contribution in [2.24, 2.45) is 0 Å². The van der Waals surface area contributed by atoms with E-state index in [2.05, 4.69) is 4.98 Å². The molecule has 0 atom stereocenters. The maximum Gasteiger partial charge on any atom is 0.244 e. The first-order valence-corrected chi connectivity index (χ1v) is 8.49. The molecule has 2 rings (SSSR count). The zero-order chi connectivity index (χ0) is 17.0. The van der Waals surface area contributed by atoms with Crippen LogP contribution in [0.4, 0.5) is 4.39 Å². The van der Waals surface area contributed by atoms with Crippen LogP contribution in [0.2, 0.25) is 5.02 Å². The molecule has 120 valence electrons. The predicted molar refractivity (Wildman–Crippen MR) is 83.6 cm³/mol. The molecule has 1 aromatic heterocycles. The van der Waals surface area contributed by atoms with Crippen LogP contribution in [0, 0.1) is 17.1 Å². The highest BCUT2D eigenvalue weighted by Gasteiger charge is 2.24. The van der Waals surface area contributed by atoms with Crippen molar-refractivity contribution in [3.8, 4) is 6.07 Å². The highest BCUT2D eigenvalue weighted by Crippen LogP contribution is 2.21. The molecule has 0 bridgehead atoms. The van der Waals surface area contributed by atoms with Crippen LogP contribution >= 0.6 is 11.6 Å². The van der Waals surface area contributed by atoms with Gasteiger partial charge in [-0.1, -0.05) is 24.6 Å². The molecule has 1 heterocycles. The van der Waals surface area contributed by atoms with Crippen LogP contribution in [0.5, 0.6) is 0 Å². The number of aromatic nitrogens is 1. The lowest BCUT2D eigenvalue weighted by Crippen LogP contribution is -2.30. The molecule has 0 aliphatic rings. The molecule has 0 unspecified atom stereocenters. The van der Waals surface area contributed by atoms with E-state index in [9.17, 15) is 12.8 Å². The lowest BCUT2D eigenvalue weighted by molar-refractivity contribution is 0.423. The Morgan fingerprint density at radius 3 is 2.70 bits per heavy atom. The zero-order valence-corrected chi connectivity index (χ0v) is 13.8. The third-order valence-corrected chi connectivity index (χ3v) is 5.35. The molecule has 1 aromatic carbocycles. The van der Waals surface area contributed by atoms with Gasteiger partial charge in [0.25, 0.3) is 0 Å². The minimum atomic E-state index is -3.82. The molecule has 0 radical (unpaired) electrons. The van der Waals surface area contributed by atoms with E-state index < -0.39 is 15.8 Å². The Bertz CT molecular complexity index is 865. The fraction of sp³-hybridized carbons (Fsp3) is 0.200. The highest BCUT2D eigenvalue weighted by molar-refractivity contribution is 7.89. The van der Waals surface area contributed by atoms with Gasteiger partial charge in [0.1, 0.15) is 16.8 Å². The van der Waals surface area contributed by atoms with Crippen LogP contribution in [0.1, 0.15) is 18.1 Å². The normalized spacial score (nSPS) is 11.4. The molecule has 2 aromatic rings. The molecular formula is C15H13ClFN3O2S. The van der Waals surface area contributed by atoms with Gasteiger partial charge in [0, 0.05) is 25.5 Å². The van der Waals surface area contributed by atoms with Gasteiger partial charge in [0.15, 0.2) is 0 Å². The fourth-order valence-corrected chi connectivity index (χ4v) is 3.61. The van der Waals surface area contributed by atoms with Crippen molar-refractivity contribution in [2.45, 2.75) is 18.4 Å². The third kappa shape index (κ3) is 3.85. The molecule has 0 fully saturated rings. The number of sulfonamides is 1. The summed E-state index contributed by atoms with van der Waals surface area (Å²) < 4.78 is 39.7. The number of halogens is 2. The summed E-state index contributed by atoms with van der Waals surface area (Å²) in [6, 6.07) is 7.18. The molecule has 0 N–H and O–H groups in total. The summed E-state index contributed by atoms with van der Waals surface area (Å²) in [6.07, 6.45) is 2.48. The van der Waals surface area contributed by atoms with Crippen LogP contribution in [-0.2, 0) is 16.6 Å². The van der Waals surface area contributed by atoms with Crippen LogP contribution in [-0.4, -0.2) is 24.3 Å². The Morgan fingerprint density at radius 2 is 2.09 bits per heavy atom. The van der Waals surface area contributed by atoms with Crippen molar-refractivity contribution in [2.75, 3.05) is 6.54 Å². The van der Waals surface area contributed by atoms with Gasteiger partial charge in [-0.2, -0.15) is 9.57 Å². The predicted octanol–water partition coefficient (Wildman–Crippen LogP) is 2.96. The van der Waals surface area contributed by atoms with E-state index in [1.54, 1.807) is 6.92 Å². The second-order valence-electron chi connectivity index (χ2n) is 4.70. The lowest BCUT2D eigenvalue weighted by atomic mass is 10.2. The monoisotopic (exact) mass is 353 g/mol.